The maximum absolute atomic E-state index is 12.4. The molecular formula is C19H25N7O4. The molecular weight excluding hydrogens is 390 g/mol. The summed E-state index contributed by atoms with van der Waals surface area (Å²) in [6.45, 7) is 6.44. The maximum atomic E-state index is 12.4. The lowest BCUT2D eigenvalue weighted by atomic mass is 10.1. The van der Waals surface area contributed by atoms with E-state index in [1.807, 2.05) is 6.07 Å². The minimum atomic E-state index is -0.577. The quantitative estimate of drug-likeness (QED) is 0.317. The standard InChI is InChI=1S/C19H25N7O4/c1-14-5-2-3-6-15(14)19(27)24-23-18-16(26(28)29)17(21-13-22-18)20-7-4-8-25-9-11-30-12-10-25/h2-3,5-6,13H,4,7-12H2,1H3,(H,24,27)(H2,20,21,22,23). The summed E-state index contributed by atoms with van der Waals surface area (Å²) in [5.41, 5.74) is 5.93. The number of hydrogen-bond acceptors (Lipinski definition) is 9. The molecule has 1 aliphatic heterocycles. The molecule has 0 unspecified atom stereocenters. The maximum Gasteiger partial charge on any atom is 0.354 e. The van der Waals surface area contributed by atoms with Gasteiger partial charge >= 0.3 is 5.69 Å². The first kappa shape index (κ1) is 21.4. The van der Waals surface area contributed by atoms with Gasteiger partial charge < -0.3 is 10.1 Å². The number of nitrogens with one attached hydrogen (secondary N) is 3. The van der Waals surface area contributed by atoms with Gasteiger partial charge in [0.15, 0.2) is 0 Å². The number of aryl methyl sites for hydroxylation is 1. The lowest BCUT2D eigenvalue weighted by Gasteiger charge is -2.26. The van der Waals surface area contributed by atoms with Crippen molar-refractivity contribution in [3.05, 3.63) is 51.8 Å². The predicted octanol–water partition coefficient (Wildman–Crippen LogP) is 1.58. The van der Waals surface area contributed by atoms with Crippen molar-refractivity contribution in [3.63, 3.8) is 0 Å². The molecule has 0 saturated carbocycles. The molecule has 1 aromatic heterocycles. The van der Waals surface area contributed by atoms with E-state index in [-0.39, 0.29) is 17.3 Å². The van der Waals surface area contributed by atoms with E-state index in [4.69, 9.17) is 4.74 Å². The highest BCUT2D eigenvalue weighted by atomic mass is 16.6. The second-order valence-corrected chi connectivity index (χ2v) is 6.80. The Hall–Kier alpha value is -3.31. The van der Waals surface area contributed by atoms with Crippen LogP contribution >= 0.6 is 0 Å². The molecule has 3 N–H and O–H groups in total. The van der Waals surface area contributed by atoms with E-state index in [9.17, 15) is 14.9 Å². The highest BCUT2D eigenvalue weighted by molar-refractivity contribution is 5.96. The Bertz CT molecular complexity index is 887. The molecule has 0 atom stereocenters. The highest BCUT2D eigenvalue weighted by Gasteiger charge is 2.23. The van der Waals surface area contributed by atoms with Crippen LogP contribution in [0.1, 0.15) is 22.3 Å². The molecule has 11 heteroatoms. The van der Waals surface area contributed by atoms with Crippen LogP contribution in [0.4, 0.5) is 17.3 Å². The monoisotopic (exact) mass is 415 g/mol. The fraction of sp³-hybridized carbons (Fsp3) is 0.421. The van der Waals surface area contributed by atoms with Gasteiger partial charge in [-0.2, -0.15) is 0 Å². The van der Waals surface area contributed by atoms with Gasteiger partial charge in [-0.3, -0.25) is 30.7 Å². The Morgan fingerprint density at radius 2 is 1.97 bits per heavy atom. The van der Waals surface area contributed by atoms with Crippen LogP contribution < -0.4 is 16.2 Å². The van der Waals surface area contributed by atoms with Crippen LogP contribution in [0.15, 0.2) is 30.6 Å². The fourth-order valence-corrected chi connectivity index (χ4v) is 3.12. The number of carbonyl (C=O) groups excluding carboxylic acids is 1. The Kier molecular flexibility index (Phi) is 7.46. The number of nitro groups is 1. The Morgan fingerprint density at radius 3 is 2.70 bits per heavy atom. The van der Waals surface area contributed by atoms with Crippen LogP contribution in [0.2, 0.25) is 0 Å². The third-order valence-electron chi connectivity index (χ3n) is 4.74. The molecule has 0 radical (unpaired) electrons. The van der Waals surface area contributed by atoms with Crippen molar-refractivity contribution in [1.29, 1.82) is 0 Å². The van der Waals surface area contributed by atoms with E-state index in [1.165, 1.54) is 6.33 Å². The molecule has 2 heterocycles. The number of anilines is 2. The van der Waals surface area contributed by atoms with Gasteiger partial charge in [-0.25, -0.2) is 9.97 Å². The minimum Gasteiger partial charge on any atom is -0.379 e. The summed E-state index contributed by atoms with van der Waals surface area (Å²) in [6, 6.07) is 7.04. The second kappa shape index (κ2) is 10.5. The molecule has 1 saturated heterocycles. The first-order chi connectivity index (χ1) is 14.6. The zero-order chi connectivity index (χ0) is 21.3. The number of nitrogens with zero attached hydrogens (tertiary/aromatic N) is 4. The zero-order valence-electron chi connectivity index (χ0n) is 16.8. The summed E-state index contributed by atoms with van der Waals surface area (Å²) < 4.78 is 5.32. The van der Waals surface area contributed by atoms with Gasteiger partial charge in [0, 0.05) is 25.2 Å². The van der Waals surface area contributed by atoms with Gasteiger partial charge in [0.1, 0.15) is 6.33 Å². The van der Waals surface area contributed by atoms with Crippen molar-refractivity contribution in [3.8, 4) is 0 Å². The average Bonchev–Trinajstić information content (AvgIpc) is 2.76. The van der Waals surface area contributed by atoms with Gasteiger partial charge in [0.05, 0.1) is 18.1 Å². The Balaban J connectivity index is 1.60. The molecule has 1 amide bonds. The Morgan fingerprint density at radius 1 is 1.23 bits per heavy atom. The van der Waals surface area contributed by atoms with Gasteiger partial charge in [-0.1, -0.05) is 18.2 Å². The molecule has 0 aliphatic carbocycles. The topological polar surface area (TPSA) is 135 Å². The molecule has 11 nitrogen and oxygen atoms in total. The largest absolute Gasteiger partial charge is 0.379 e. The summed E-state index contributed by atoms with van der Waals surface area (Å²) in [7, 11) is 0. The Labute approximate surface area is 174 Å². The molecule has 1 aliphatic rings. The van der Waals surface area contributed by atoms with Crippen molar-refractivity contribution >= 4 is 23.2 Å². The molecule has 3 rings (SSSR count). The van der Waals surface area contributed by atoms with Gasteiger partial charge in [0.2, 0.25) is 11.6 Å². The molecule has 1 aromatic carbocycles. The number of ether oxygens (including phenoxy) is 1. The second-order valence-electron chi connectivity index (χ2n) is 6.80. The number of aromatic nitrogens is 2. The molecule has 2 aromatic rings. The van der Waals surface area contributed by atoms with E-state index in [0.717, 1.165) is 44.8 Å². The summed E-state index contributed by atoms with van der Waals surface area (Å²) in [5, 5.41) is 14.6. The number of hydrogen-bond donors (Lipinski definition) is 3. The van der Waals surface area contributed by atoms with Crippen LogP contribution in [-0.2, 0) is 4.74 Å². The smallest absolute Gasteiger partial charge is 0.354 e. The van der Waals surface area contributed by atoms with Crippen LogP contribution in [0.3, 0.4) is 0 Å². The molecule has 160 valence electrons. The summed E-state index contributed by atoms with van der Waals surface area (Å²) in [5.74, 6) is -0.404. The van der Waals surface area contributed by atoms with Crippen LogP contribution in [0.25, 0.3) is 0 Å². The normalized spacial score (nSPS) is 14.2. The molecule has 30 heavy (non-hydrogen) atoms. The van der Waals surface area contributed by atoms with Crippen molar-refractivity contribution in [2.24, 2.45) is 0 Å². The zero-order valence-corrected chi connectivity index (χ0v) is 16.8. The minimum absolute atomic E-state index is 0.0902. The summed E-state index contributed by atoms with van der Waals surface area (Å²) in [4.78, 5) is 33.6. The third kappa shape index (κ3) is 5.61. The van der Waals surface area contributed by atoms with E-state index in [2.05, 4.69) is 31.0 Å². The molecule has 0 bridgehead atoms. The van der Waals surface area contributed by atoms with Crippen LogP contribution in [0.5, 0.6) is 0 Å². The van der Waals surface area contributed by atoms with Crippen molar-refractivity contribution < 1.29 is 14.5 Å². The van der Waals surface area contributed by atoms with Gasteiger partial charge in [-0.15, -0.1) is 0 Å². The number of carbonyl (C=O) groups is 1. The predicted molar refractivity (Wildman–Crippen MR) is 111 cm³/mol. The third-order valence-corrected chi connectivity index (χ3v) is 4.74. The van der Waals surface area contributed by atoms with Crippen molar-refractivity contribution in [2.75, 3.05) is 50.1 Å². The SMILES string of the molecule is Cc1ccccc1C(=O)NNc1ncnc(NCCCN2CCOCC2)c1[N+](=O)[O-]. The van der Waals surface area contributed by atoms with Gasteiger partial charge in [0.25, 0.3) is 5.91 Å². The molecule has 1 fully saturated rings. The van der Waals surface area contributed by atoms with Crippen LogP contribution in [-0.4, -0.2) is 65.1 Å². The number of hydrazine groups is 1. The first-order valence-corrected chi connectivity index (χ1v) is 9.71. The lowest BCUT2D eigenvalue weighted by molar-refractivity contribution is -0.383. The van der Waals surface area contributed by atoms with E-state index in [1.54, 1.807) is 25.1 Å². The number of rotatable bonds is 9. The lowest BCUT2D eigenvalue weighted by Crippen LogP contribution is -2.37. The van der Waals surface area contributed by atoms with E-state index in [0.29, 0.717) is 12.1 Å². The average molecular weight is 415 g/mol. The van der Waals surface area contributed by atoms with Crippen molar-refractivity contribution in [1.82, 2.24) is 20.3 Å². The van der Waals surface area contributed by atoms with E-state index >= 15 is 0 Å². The fourth-order valence-electron chi connectivity index (χ4n) is 3.12. The number of morpholine rings is 1. The van der Waals surface area contributed by atoms with Gasteiger partial charge in [-0.05, 0) is 31.5 Å². The summed E-state index contributed by atoms with van der Waals surface area (Å²) in [6.07, 6.45) is 2.01. The van der Waals surface area contributed by atoms with Crippen molar-refractivity contribution in [2.45, 2.75) is 13.3 Å². The molecule has 0 spiro atoms. The van der Waals surface area contributed by atoms with E-state index < -0.39 is 10.8 Å². The number of benzene rings is 1. The number of amides is 1. The first-order valence-electron chi connectivity index (χ1n) is 9.71. The highest BCUT2D eigenvalue weighted by Crippen LogP contribution is 2.28. The van der Waals surface area contributed by atoms with Crippen LogP contribution in [0, 0.1) is 17.0 Å². The summed E-state index contributed by atoms with van der Waals surface area (Å²) >= 11 is 0.